The van der Waals surface area contributed by atoms with E-state index in [4.69, 9.17) is 0 Å². The molecular weight excluding hydrogens is 190 g/mol. The number of aliphatic hydroxyl groups excluding tert-OH is 1. The highest BCUT2D eigenvalue weighted by Gasteiger charge is 2.25. The molecule has 2 atom stereocenters. The molecule has 0 spiro atoms. The second-order valence-electron chi connectivity index (χ2n) is 4.92. The third-order valence-corrected chi connectivity index (χ3v) is 3.66. The molecule has 0 saturated carbocycles. The first-order valence-electron chi connectivity index (χ1n) is 6.05. The second-order valence-corrected chi connectivity index (χ2v) is 4.92. The van der Waals surface area contributed by atoms with Crippen LogP contribution in [-0.2, 0) is 0 Å². The van der Waals surface area contributed by atoms with Gasteiger partial charge < -0.3 is 20.2 Å². The summed E-state index contributed by atoms with van der Waals surface area (Å²) >= 11 is 0. The van der Waals surface area contributed by atoms with Gasteiger partial charge in [-0.3, -0.25) is 0 Å². The van der Waals surface area contributed by atoms with Crippen molar-refractivity contribution in [1.82, 2.24) is 15.1 Å². The lowest BCUT2D eigenvalue weighted by atomic mass is 9.95. The molecule has 2 aliphatic heterocycles. The Balaban J connectivity index is 1.75. The highest BCUT2D eigenvalue weighted by atomic mass is 16.3. The van der Waals surface area contributed by atoms with E-state index in [1.807, 2.05) is 0 Å². The number of rotatable bonds is 2. The maximum atomic E-state index is 9.87. The standard InChI is InChI=1S/C11H23N3O/c1-13-4-6-14(7-5-13)9-10-8-12-3-2-11(10)15/h10-12,15H,2-9H2,1H3. The van der Waals surface area contributed by atoms with E-state index in [2.05, 4.69) is 22.2 Å². The SMILES string of the molecule is CN1CCN(CC2CNCCC2O)CC1. The van der Waals surface area contributed by atoms with Gasteiger partial charge in [0, 0.05) is 45.2 Å². The van der Waals surface area contributed by atoms with Gasteiger partial charge in [-0.25, -0.2) is 0 Å². The van der Waals surface area contributed by atoms with Gasteiger partial charge >= 0.3 is 0 Å². The Bertz CT molecular complexity index is 192. The molecule has 15 heavy (non-hydrogen) atoms. The lowest BCUT2D eigenvalue weighted by molar-refractivity contribution is 0.0432. The number of nitrogens with zero attached hydrogens (tertiary/aromatic N) is 2. The van der Waals surface area contributed by atoms with E-state index in [0.29, 0.717) is 5.92 Å². The van der Waals surface area contributed by atoms with Gasteiger partial charge in [0.25, 0.3) is 0 Å². The molecule has 0 radical (unpaired) electrons. The Kier molecular flexibility index (Phi) is 3.97. The minimum Gasteiger partial charge on any atom is -0.393 e. The first-order valence-corrected chi connectivity index (χ1v) is 6.05. The zero-order valence-electron chi connectivity index (χ0n) is 9.65. The van der Waals surface area contributed by atoms with Crippen molar-refractivity contribution < 1.29 is 5.11 Å². The zero-order chi connectivity index (χ0) is 10.7. The Morgan fingerprint density at radius 3 is 2.67 bits per heavy atom. The van der Waals surface area contributed by atoms with Crippen molar-refractivity contribution in [3.05, 3.63) is 0 Å². The van der Waals surface area contributed by atoms with Crippen LogP contribution in [-0.4, -0.2) is 73.9 Å². The van der Waals surface area contributed by atoms with Gasteiger partial charge in [-0.1, -0.05) is 0 Å². The van der Waals surface area contributed by atoms with Crippen molar-refractivity contribution in [1.29, 1.82) is 0 Å². The van der Waals surface area contributed by atoms with Gasteiger partial charge in [-0.05, 0) is 20.0 Å². The molecular formula is C11H23N3O. The fourth-order valence-electron chi connectivity index (χ4n) is 2.46. The van der Waals surface area contributed by atoms with Crippen LogP contribution in [0.1, 0.15) is 6.42 Å². The van der Waals surface area contributed by atoms with E-state index in [0.717, 1.165) is 52.2 Å². The van der Waals surface area contributed by atoms with Gasteiger partial charge in [0.15, 0.2) is 0 Å². The van der Waals surface area contributed by atoms with Crippen molar-refractivity contribution in [2.45, 2.75) is 12.5 Å². The average molecular weight is 213 g/mol. The summed E-state index contributed by atoms with van der Waals surface area (Å²) in [5.74, 6) is 0.433. The van der Waals surface area contributed by atoms with E-state index in [9.17, 15) is 5.11 Å². The summed E-state index contributed by atoms with van der Waals surface area (Å²) in [5, 5.41) is 13.2. The van der Waals surface area contributed by atoms with Crippen LogP contribution in [0.25, 0.3) is 0 Å². The molecule has 2 N–H and O–H groups in total. The molecule has 0 bridgehead atoms. The number of piperidine rings is 1. The third kappa shape index (κ3) is 3.14. The number of aliphatic hydroxyl groups is 1. The van der Waals surface area contributed by atoms with Crippen LogP contribution >= 0.6 is 0 Å². The zero-order valence-corrected chi connectivity index (χ0v) is 9.65. The fraction of sp³-hybridized carbons (Fsp3) is 1.00. The molecule has 4 heteroatoms. The summed E-state index contributed by atoms with van der Waals surface area (Å²) < 4.78 is 0. The first-order chi connectivity index (χ1) is 7.25. The van der Waals surface area contributed by atoms with Crippen molar-refractivity contribution in [3.63, 3.8) is 0 Å². The number of hydrogen-bond acceptors (Lipinski definition) is 4. The van der Waals surface area contributed by atoms with Gasteiger partial charge in [0.05, 0.1) is 6.10 Å². The van der Waals surface area contributed by atoms with E-state index < -0.39 is 0 Å². The topological polar surface area (TPSA) is 38.7 Å². The summed E-state index contributed by atoms with van der Waals surface area (Å²) in [5.41, 5.74) is 0. The quantitative estimate of drug-likeness (QED) is 0.630. The number of likely N-dealkylation sites (N-methyl/N-ethyl adjacent to an activating group) is 1. The molecule has 2 unspecified atom stereocenters. The molecule has 2 rings (SSSR count). The Labute approximate surface area is 92.2 Å². The minimum absolute atomic E-state index is 0.0918. The molecule has 2 saturated heterocycles. The van der Waals surface area contributed by atoms with Crippen LogP contribution < -0.4 is 5.32 Å². The van der Waals surface area contributed by atoms with Crippen molar-refractivity contribution in [2.24, 2.45) is 5.92 Å². The molecule has 0 aromatic rings. The highest BCUT2D eigenvalue weighted by molar-refractivity contribution is 4.81. The highest BCUT2D eigenvalue weighted by Crippen LogP contribution is 2.13. The van der Waals surface area contributed by atoms with Crippen molar-refractivity contribution >= 4 is 0 Å². The number of nitrogens with one attached hydrogen (secondary N) is 1. The Morgan fingerprint density at radius 1 is 1.27 bits per heavy atom. The lowest BCUT2D eigenvalue weighted by Crippen LogP contribution is -2.50. The van der Waals surface area contributed by atoms with E-state index in [1.54, 1.807) is 0 Å². The summed E-state index contributed by atoms with van der Waals surface area (Å²) in [6.45, 7) is 7.64. The first kappa shape index (κ1) is 11.3. The van der Waals surface area contributed by atoms with Crippen molar-refractivity contribution in [3.8, 4) is 0 Å². The summed E-state index contributed by atoms with van der Waals surface area (Å²) in [7, 11) is 2.17. The van der Waals surface area contributed by atoms with Gasteiger partial charge in [0.1, 0.15) is 0 Å². The average Bonchev–Trinajstić information content (AvgIpc) is 2.25. The van der Waals surface area contributed by atoms with E-state index in [-0.39, 0.29) is 6.10 Å². The monoisotopic (exact) mass is 213 g/mol. The normalized spacial score (nSPS) is 35.6. The largest absolute Gasteiger partial charge is 0.393 e. The van der Waals surface area contributed by atoms with Gasteiger partial charge in [0.2, 0.25) is 0 Å². The second kappa shape index (κ2) is 5.25. The summed E-state index contributed by atoms with van der Waals surface area (Å²) in [6.07, 6.45) is 0.823. The maximum absolute atomic E-state index is 9.87. The molecule has 2 aliphatic rings. The Morgan fingerprint density at radius 2 is 2.00 bits per heavy atom. The van der Waals surface area contributed by atoms with Gasteiger partial charge in [-0.15, -0.1) is 0 Å². The van der Waals surface area contributed by atoms with Crippen LogP contribution in [0.15, 0.2) is 0 Å². The molecule has 4 nitrogen and oxygen atoms in total. The molecule has 0 aliphatic carbocycles. The molecule has 0 amide bonds. The van der Waals surface area contributed by atoms with Crippen LogP contribution in [0.3, 0.4) is 0 Å². The molecule has 0 aromatic carbocycles. The molecule has 0 aromatic heterocycles. The third-order valence-electron chi connectivity index (χ3n) is 3.66. The minimum atomic E-state index is -0.0918. The van der Waals surface area contributed by atoms with Crippen molar-refractivity contribution in [2.75, 3.05) is 52.9 Å². The maximum Gasteiger partial charge on any atom is 0.0604 e. The fourth-order valence-corrected chi connectivity index (χ4v) is 2.46. The summed E-state index contributed by atoms with van der Waals surface area (Å²) in [4.78, 5) is 4.85. The van der Waals surface area contributed by atoms with Crippen LogP contribution in [0.2, 0.25) is 0 Å². The van der Waals surface area contributed by atoms with E-state index in [1.165, 1.54) is 0 Å². The summed E-state index contributed by atoms with van der Waals surface area (Å²) in [6, 6.07) is 0. The predicted octanol–water partition coefficient (Wildman–Crippen LogP) is -0.796. The number of piperazine rings is 1. The predicted molar refractivity (Wildman–Crippen MR) is 60.9 cm³/mol. The smallest absolute Gasteiger partial charge is 0.0604 e. The lowest BCUT2D eigenvalue weighted by Gasteiger charge is -2.37. The molecule has 2 heterocycles. The van der Waals surface area contributed by atoms with E-state index >= 15 is 0 Å². The van der Waals surface area contributed by atoms with Gasteiger partial charge in [-0.2, -0.15) is 0 Å². The number of hydrogen-bond donors (Lipinski definition) is 2. The van der Waals surface area contributed by atoms with Crippen LogP contribution in [0.5, 0.6) is 0 Å². The Hall–Kier alpha value is -0.160. The van der Waals surface area contributed by atoms with Crippen LogP contribution in [0, 0.1) is 5.92 Å². The van der Waals surface area contributed by atoms with Crippen LogP contribution in [0.4, 0.5) is 0 Å². The molecule has 88 valence electrons. The molecule has 2 fully saturated rings.